The van der Waals surface area contributed by atoms with E-state index in [-0.39, 0.29) is 17.5 Å². The number of ether oxygens (including phenoxy) is 1. The highest BCUT2D eigenvalue weighted by atomic mass is 19.1. The van der Waals surface area contributed by atoms with Crippen molar-refractivity contribution in [1.82, 2.24) is 0 Å². The molecule has 3 heteroatoms. The van der Waals surface area contributed by atoms with Gasteiger partial charge in [0.1, 0.15) is 5.82 Å². The average Bonchev–Trinajstić information content (AvgIpc) is 2.64. The smallest absolute Gasteiger partial charge is 0.123 e. The van der Waals surface area contributed by atoms with E-state index in [1.807, 2.05) is 6.07 Å². The van der Waals surface area contributed by atoms with E-state index >= 15 is 0 Å². The molecule has 1 aliphatic rings. The Bertz CT molecular complexity index is 386. The molecule has 0 saturated heterocycles. The van der Waals surface area contributed by atoms with Gasteiger partial charge in [-0.25, -0.2) is 4.39 Å². The summed E-state index contributed by atoms with van der Waals surface area (Å²) < 4.78 is 19.1. The third-order valence-electron chi connectivity index (χ3n) is 4.13. The Morgan fingerprint density at radius 1 is 1.22 bits per heavy atom. The van der Waals surface area contributed by atoms with Crippen LogP contribution in [0, 0.1) is 5.82 Å². The molecular formula is C15H22FNO. The Labute approximate surface area is 108 Å². The largest absolute Gasteiger partial charge is 0.376 e. The first-order valence-electron chi connectivity index (χ1n) is 6.74. The summed E-state index contributed by atoms with van der Waals surface area (Å²) in [6.07, 6.45) is 6.66. The molecule has 1 fully saturated rings. The van der Waals surface area contributed by atoms with Crippen LogP contribution in [0.4, 0.5) is 4.39 Å². The number of halogens is 1. The molecule has 18 heavy (non-hydrogen) atoms. The molecule has 0 radical (unpaired) electrons. The van der Waals surface area contributed by atoms with Gasteiger partial charge in [0.25, 0.3) is 0 Å². The molecule has 1 aromatic rings. The van der Waals surface area contributed by atoms with Crippen molar-refractivity contribution in [2.75, 3.05) is 7.11 Å². The van der Waals surface area contributed by atoms with Crippen molar-refractivity contribution >= 4 is 0 Å². The van der Waals surface area contributed by atoms with Crippen molar-refractivity contribution in [3.63, 3.8) is 0 Å². The van der Waals surface area contributed by atoms with Gasteiger partial charge in [0.15, 0.2) is 0 Å². The quantitative estimate of drug-likeness (QED) is 0.834. The number of rotatable bonds is 3. The first kappa shape index (κ1) is 13.5. The van der Waals surface area contributed by atoms with Crippen LogP contribution in [0.25, 0.3) is 0 Å². The molecule has 1 saturated carbocycles. The standard InChI is InChI=1S/C15H22FNO/c1-18-15(9-4-2-3-5-10-15)14(17)12-7-6-8-13(16)11-12/h6-8,11,14H,2-5,9-10,17H2,1H3. The van der Waals surface area contributed by atoms with Crippen molar-refractivity contribution in [3.05, 3.63) is 35.6 Å². The zero-order chi connectivity index (χ0) is 13.0. The number of nitrogens with two attached hydrogens (primary N) is 1. The SMILES string of the molecule is COC1(C(N)c2cccc(F)c2)CCCCCC1. The Kier molecular flexibility index (Phi) is 4.36. The molecule has 0 spiro atoms. The van der Waals surface area contributed by atoms with Gasteiger partial charge in [0.05, 0.1) is 11.6 Å². The Hall–Kier alpha value is -0.930. The zero-order valence-electron chi connectivity index (χ0n) is 11.0. The second kappa shape index (κ2) is 5.81. The summed E-state index contributed by atoms with van der Waals surface area (Å²) in [7, 11) is 1.73. The first-order chi connectivity index (χ1) is 8.68. The van der Waals surface area contributed by atoms with E-state index in [0.717, 1.165) is 31.2 Å². The molecular weight excluding hydrogens is 229 g/mol. The predicted molar refractivity (Wildman–Crippen MR) is 70.8 cm³/mol. The summed E-state index contributed by atoms with van der Waals surface area (Å²) in [6.45, 7) is 0. The summed E-state index contributed by atoms with van der Waals surface area (Å²) in [5, 5.41) is 0. The normalized spacial score (nSPS) is 21.3. The van der Waals surface area contributed by atoms with E-state index < -0.39 is 0 Å². The maximum absolute atomic E-state index is 13.3. The minimum absolute atomic E-state index is 0.233. The van der Waals surface area contributed by atoms with Crippen molar-refractivity contribution in [1.29, 1.82) is 0 Å². The van der Waals surface area contributed by atoms with Crippen LogP contribution in [0.15, 0.2) is 24.3 Å². The summed E-state index contributed by atoms with van der Waals surface area (Å²) >= 11 is 0. The summed E-state index contributed by atoms with van der Waals surface area (Å²) in [5.74, 6) is -0.233. The highest BCUT2D eigenvalue weighted by molar-refractivity contribution is 5.23. The third kappa shape index (κ3) is 2.73. The van der Waals surface area contributed by atoms with Crippen LogP contribution >= 0.6 is 0 Å². The topological polar surface area (TPSA) is 35.2 Å². The first-order valence-corrected chi connectivity index (χ1v) is 6.74. The fourth-order valence-electron chi connectivity index (χ4n) is 2.97. The van der Waals surface area contributed by atoms with E-state index in [4.69, 9.17) is 10.5 Å². The molecule has 0 heterocycles. The molecule has 0 bridgehead atoms. The molecule has 1 atom stereocenters. The third-order valence-corrected chi connectivity index (χ3v) is 4.13. The summed E-state index contributed by atoms with van der Waals surface area (Å²) in [5.41, 5.74) is 6.87. The van der Waals surface area contributed by atoms with Crippen molar-refractivity contribution in [2.24, 2.45) is 5.73 Å². The molecule has 1 aromatic carbocycles. The van der Waals surface area contributed by atoms with Crippen molar-refractivity contribution in [2.45, 2.75) is 50.2 Å². The van der Waals surface area contributed by atoms with Crippen LogP contribution in [0.3, 0.4) is 0 Å². The molecule has 1 aliphatic carbocycles. The fourth-order valence-corrected chi connectivity index (χ4v) is 2.97. The maximum atomic E-state index is 13.3. The van der Waals surface area contributed by atoms with E-state index in [1.165, 1.54) is 25.0 Å². The number of methoxy groups -OCH3 is 1. The van der Waals surface area contributed by atoms with Crippen LogP contribution in [-0.2, 0) is 4.74 Å². The Morgan fingerprint density at radius 2 is 1.89 bits per heavy atom. The van der Waals surface area contributed by atoms with Crippen LogP contribution in [-0.4, -0.2) is 12.7 Å². The minimum atomic E-state index is -0.329. The highest BCUT2D eigenvalue weighted by Gasteiger charge is 2.37. The Morgan fingerprint density at radius 3 is 2.44 bits per heavy atom. The van der Waals surface area contributed by atoms with Gasteiger partial charge in [-0.05, 0) is 30.5 Å². The van der Waals surface area contributed by atoms with Crippen LogP contribution in [0.2, 0.25) is 0 Å². The van der Waals surface area contributed by atoms with E-state index in [9.17, 15) is 4.39 Å². The van der Waals surface area contributed by atoms with Crippen molar-refractivity contribution in [3.8, 4) is 0 Å². The van der Waals surface area contributed by atoms with Gasteiger partial charge in [-0.15, -0.1) is 0 Å². The van der Waals surface area contributed by atoms with Gasteiger partial charge >= 0.3 is 0 Å². The van der Waals surface area contributed by atoms with Gasteiger partial charge < -0.3 is 10.5 Å². The second-order valence-electron chi connectivity index (χ2n) is 5.22. The molecule has 1 unspecified atom stereocenters. The molecule has 2 nitrogen and oxygen atoms in total. The second-order valence-corrected chi connectivity index (χ2v) is 5.22. The predicted octanol–water partition coefficient (Wildman–Crippen LogP) is 3.56. The molecule has 0 amide bonds. The molecule has 2 N–H and O–H groups in total. The van der Waals surface area contributed by atoms with Gasteiger partial charge in [0.2, 0.25) is 0 Å². The number of benzene rings is 1. The van der Waals surface area contributed by atoms with Crippen LogP contribution < -0.4 is 5.73 Å². The minimum Gasteiger partial charge on any atom is -0.376 e. The fraction of sp³-hybridized carbons (Fsp3) is 0.600. The molecule has 100 valence electrons. The monoisotopic (exact) mass is 251 g/mol. The highest BCUT2D eigenvalue weighted by Crippen LogP contribution is 2.38. The van der Waals surface area contributed by atoms with E-state index in [2.05, 4.69) is 0 Å². The molecule has 0 aliphatic heterocycles. The maximum Gasteiger partial charge on any atom is 0.123 e. The van der Waals surface area contributed by atoms with Gasteiger partial charge in [0, 0.05) is 7.11 Å². The summed E-state index contributed by atoms with van der Waals surface area (Å²) in [6, 6.07) is 6.32. The summed E-state index contributed by atoms with van der Waals surface area (Å²) in [4.78, 5) is 0. The molecule has 0 aromatic heterocycles. The van der Waals surface area contributed by atoms with Crippen molar-refractivity contribution < 1.29 is 9.13 Å². The molecule has 2 rings (SSSR count). The van der Waals surface area contributed by atoms with E-state index in [1.54, 1.807) is 13.2 Å². The average molecular weight is 251 g/mol. The van der Waals surface area contributed by atoms with Gasteiger partial charge in [-0.1, -0.05) is 37.8 Å². The lowest BCUT2D eigenvalue weighted by Gasteiger charge is -2.37. The van der Waals surface area contributed by atoms with Gasteiger partial charge in [-0.2, -0.15) is 0 Å². The van der Waals surface area contributed by atoms with Crippen LogP contribution in [0.1, 0.15) is 50.1 Å². The lowest BCUT2D eigenvalue weighted by molar-refractivity contribution is -0.0442. The van der Waals surface area contributed by atoms with Gasteiger partial charge in [-0.3, -0.25) is 0 Å². The zero-order valence-corrected chi connectivity index (χ0v) is 11.0. The van der Waals surface area contributed by atoms with E-state index in [0.29, 0.717) is 0 Å². The number of hydrogen-bond acceptors (Lipinski definition) is 2. The lowest BCUT2D eigenvalue weighted by Crippen LogP contribution is -2.42. The Balaban J connectivity index is 2.25. The lowest BCUT2D eigenvalue weighted by atomic mass is 9.83. The number of hydrogen-bond donors (Lipinski definition) is 1. The van der Waals surface area contributed by atoms with Crippen LogP contribution in [0.5, 0.6) is 0 Å².